The smallest absolute Gasteiger partial charge is 0.195 e. The van der Waals surface area contributed by atoms with Crippen LogP contribution in [-0.2, 0) is 4.43 Å². The molecular weight excluding hydrogens is 204 g/mol. The minimum absolute atomic E-state index is 0.550. The Bertz CT molecular complexity index is 301. The van der Waals surface area contributed by atoms with Crippen molar-refractivity contribution in [1.82, 2.24) is 0 Å². The highest BCUT2D eigenvalue weighted by Crippen LogP contribution is 2.22. The van der Waals surface area contributed by atoms with Crippen molar-refractivity contribution in [2.45, 2.75) is 39.3 Å². The van der Waals surface area contributed by atoms with Gasteiger partial charge in [0, 0.05) is 0 Å². The van der Waals surface area contributed by atoms with Crippen LogP contribution in [0.1, 0.15) is 13.8 Å². The maximum Gasteiger partial charge on any atom is 0.195 e. The van der Waals surface area contributed by atoms with Gasteiger partial charge < -0.3 is 9.16 Å². The van der Waals surface area contributed by atoms with Crippen molar-refractivity contribution in [3.05, 3.63) is 30.3 Å². The Balaban J connectivity index is 2.65. The summed E-state index contributed by atoms with van der Waals surface area (Å²) in [5.74, 6) is 0.298. The third kappa shape index (κ3) is 5.00. The van der Waals surface area contributed by atoms with Crippen molar-refractivity contribution in [2.75, 3.05) is 0 Å². The van der Waals surface area contributed by atoms with Gasteiger partial charge in [0.15, 0.2) is 14.1 Å². The van der Waals surface area contributed by atoms with E-state index in [0.29, 0.717) is 0 Å². The van der Waals surface area contributed by atoms with E-state index in [9.17, 15) is 0 Å². The zero-order chi connectivity index (χ0) is 11.5. The molecule has 84 valence electrons. The van der Waals surface area contributed by atoms with E-state index in [0.717, 1.165) is 5.75 Å². The molecule has 0 bridgehead atoms. The van der Waals surface area contributed by atoms with Gasteiger partial charge in [-0.05, 0) is 45.6 Å². The molecule has 1 aromatic carbocycles. The number of ether oxygens (including phenoxy) is 1. The molecule has 3 heteroatoms. The highest BCUT2D eigenvalue weighted by Gasteiger charge is 2.28. The van der Waals surface area contributed by atoms with Crippen LogP contribution in [0.2, 0.25) is 19.6 Å². The fraction of sp³-hybridized carbons (Fsp3) is 0.500. The van der Waals surface area contributed by atoms with Crippen molar-refractivity contribution < 1.29 is 9.16 Å². The molecule has 0 amide bonds. The largest absolute Gasteiger partial charge is 0.464 e. The summed E-state index contributed by atoms with van der Waals surface area (Å²) in [5.41, 5.74) is 0. The summed E-state index contributed by atoms with van der Waals surface area (Å²) in [6, 6.07) is 9.77. The van der Waals surface area contributed by atoms with E-state index < -0.39 is 14.1 Å². The maximum absolute atomic E-state index is 5.95. The number of hydrogen-bond donors (Lipinski definition) is 0. The first-order chi connectivity index (χ1) is 6.79. The summed E-state index contributed by atoms with van der Waals surface area (Å²) in [4.78, 5) is 0. The maximum atomic E-state index is 5.95. The third-order valence-electron chi connectivity index (χ3n) is 1.66. The molecule has 0 heterocycles. The van der Waals surface area contributed by atoms with Gasteiger partial charge in [0.2, 0.25) is 0 Å². The van der Waals surface area contributed by atoms with Gasteiger partial charge in [0.1, 0.15) is 5.75 Å². The molecule has 0 unspecified atom stereocenters. The SMILES string of the molecule is CC(C)(Oc1ccccc1)O[Si](C)(C)C. The molecule has 0 aliphatic carbocycles. The van der Waals surface area contributed by atoms with E-state index in [1.165, 1.54) is 0 Å². The Morgan fingerprint density at radius 2 is 1.53 bits per heavy atom. The molecule has 0 aliphatic rings. The fourth-order valence-corrected chi connectivity index (χ4v) is 3.05. The first-order valence-corrected chi connectivity index (χ1v) is 8.64. The van der Waals surface area contributed by atoms with Crippen LogP contribution in [-0.4, -0.2) is 14.1 Å². The minimum atomic E-state index is -1.57. The van der Waals surface area contributed by atoms with Crippen molar-refractivity contribution in [3.8, 4) is 5.75 Å². The van der Waals surface area contributed by atoms with E-state index in [1.807, 2.05) is 44.2 Å². The molecule has 0 spiro atoms. The van der Waals surface area contributed by atoms with E-state index in [1.54, 1.807) is 0 Å². The standard InChI is InChI=1S/C12H20O2Si/c1-12(2,14-15(3,4)5)13-11-9-7-6-8-10-11/h6-10H,1-5H3. The molecule has 0 fully saturated rings. The van der Waals surface area contributed by atoms with Crippen LogP contribution in [0.5, 0.6) is 5.75 Å². The van der Waals surface area contributed by atoms with Gasteiger partial charge in [-0.3, -0.25) is 0 Å². The Morgan fingerprint density at radius 1 is 1.00 bits per heavy atom. The van der Waals surface area contributed by atoms with Crippen LogP contribution in [0.25, 0.3) is 0 Å². The molecular formula is C12H20O2Si. The van der Waals surface area contributed by atoms with Crippen LogP contribution in [0.3, 0.4) is 0 Å². The molecule has 0 radical (unpaired) electrons. The molecule has 15 heavy (non-hydrogen) atoms. The lowest BCUT2D eigenvalue weighted by molar-refractivity contribution is -0.0877. The number of benzene rings is 1. The predicted molar refractivity (Wildman–Crippen MR) is 65.6 cm³/mol. The Morgan fingerprint density at radius 3 is 2.00 bits per heavy atom. The average Bonchev–Trinajstić information content (AvgIpc) is 1.99. The third-order valence-corrected chi connectivity index (χ3v) is 2.76. The summed E-state index contributed by atoms with van der Waals surface area (Å²) in [7, 11) is -1.57. The van der Waals surface area contributed by atoms with E-state index >= 15 is 0 Å². The zero-order valence-electron chi connectivity index (χ0n) is 10.2. The van der Waals surface area contributed by atoms with Crippen molar-refractivity contribution in [3.63, 3.8) is 0 Å². The monoisotopic (exact) mass is 224 g/mol. The quantitative estimate of drug-likeness (QED) is 0.574. The Kier molecular flexibility index (Phi) is 3.57. The average molecular weight is 224 g/mol. The second kappa shape index (κ2) is 4.37. The number of para-hydroxylation sites is 1. The molecule has 1 aromatic rings. The van der Waals surface area contributed by atoms with Gasteiger partial charge in [-0.25, -0.2) is 0 Å². The molecule has 1 rings (SSSR count). The topological polar surface area (TPSA) is 18.5 Å². The van der Waals surface area contributed by atoms with Crippen molar-refractivity contribution >= 4 is 8.32 Å². The highest BCUT2D eigenvalue weighted by molar-refractivity contribution is 6.69. The lowest BCUT2D eigenvalue weighted by Crippen LogP contribution is -2.42. The lowest BCUT2D eigenvalue weighted by atomic mass is 10.3. The first-order valence-electron chi connectivity index (χ1n) is 5.23. The normalized spacial score (nSPS) is 12.6. The molecule has 0 saturated heterocycles. The second-order valence-corrected chi connectivity index (χ2v) is 9.46. The summed E-state index contributed by atoms with van der Waals surface area (Å²) in [6.07, 6.45) is 0. The molecule has 2 nitrogen and oxygen atoms in total. The highest BCUT2D eigenvalue weighted by atomic mass is 28.4. The van der Waals surface area contributed by atoms with Crippen molar-refractivity contribution in [2.24, 2.45) is 0 Å². The summed E-state index contributed by atoms with van der Waals surface area (Å²) in [6.45, 7) is 10.4. The molecule has 0 aromatic heterocycles. The minimum Gasteiger partial charge on any atom is -0.464 e. The van der Waals surface area contributed by atoms with E-state index in [-0.39, 0.29) is 0 Å². The molecule has 0 aliphatic heterocycles. The summed E-state index contributed by atoms with van der Waals surface area (Å²) >= 11 is 0. The number of rotatable bonds is 4. The fourth-order valence-electron chi connectivity index (χ4n) is 1.53. The van der Waals surface area contributed by atoms with Crippen molar-refractivity contribution in [1.29, 1.82) is 0 Å². The second-order valence-electron chi connectivity index (χ2n) is 5.03. The number of hydrogen-bond acceptors (Lipinski definition) is 2. The summed E-state index contributed by atoms with van der Waals surface area (Å²) in [5, 5.41) is 0. The lowest BCUT2D eigenvalue weighted by Gasteiger charge is -2.33. The Hall–Kier alpha value is -0.803. The van der Waals surface area contributed by atoms with Gasteiger partial charge in [-0.2, -0.15) is 0 Å². The van der Waals surface area contributed by atoms with Gasteiger partial charge in [-0.1, -0.05) is 18.2 Å². The van der Waals surface area contributed by atoms with Crippen LogP contribution < -0.4 is 4.74 Å². The first kappa shape index (κ1) is 12.3. The molecule has 0 saturated carbocycles. The van der Waals surface area contributed by atoms with Gasteiger partial charge in [0.05, 0.1) is 0 Å². The van der Waals surface area contributed by atoms with E-state index in [2.05, 4.69) is 19.6 Å². The van der Waals surface area contributed by atoms with Crippen LogP contribution >= 0.6 is 0 Å². The predicted octanol–water partition coefficient (Wildman–Crippen LogP) is 3.65. The van der Waals surface area contributed by atoms with E-state index in [4.69, 9.17) is 9.16 Å². The zero-order valence-corrected chi connectivity index (χ0v) is 11.2. The Labute approximate surface area is 93.4 Å². The molecule has 0 N–H and O–H groups in total. The van der Waals surface area contributed by atoms with Gasteiger partial charge in [0.25, 0.3) is 0 Å². The van der Waals surface area contributed by atoms with Crippen LogP contribution in [0.4, 0.5) is 0 Å². The van der Waals surface area contributed by atoms with Crippen LogP contribution in [0, 0.1) is 0 Å². The summed E-state index contributed by atoms with van der Waals surface area (Å²) < 4.78 is 11.7. The van der Waals surface area contributed by atoms with Gasteiger partial charge >= 0.3 is 0 Å². The van der Waals surface area contributed by atoms with Gasteiger partial charge in [-0.15, -0.1) is 0 Å². The molecule has 0 atom stereocenters. The van der Waals surface area contributed by atoms with Crippen LogP contribution in [0.15, 0.2) is 30.3 Å².